The fraction of sp³-hybridized carbons (Fsp3) is 0.476. The van der Waals surface area contributed by atoms with E-state index in [0.717, 1.165) is 5.75 Å². The van der Waals surface area contributed by atoms with Gasteiger partial charge in [0.15, 0.2) is 0 Å². The first-order valence-corrected chi connectivity index (χ1v) is 13.2. The van der Waals surface area contributed by atoms with E-state index in [1.165, 1.54) is 36.2 Å². The van der Waals surface area contributed by atoms with Gasteiger partial charge in [-0.3, -0.25) is 4.79 Å². The molecule has 1 atom stereocenters. The molecule has 0 N–H and O–H groups in total. The highest BCUT2D eigenvalue weighted by Gasteiger charge is 2.36. The Morgan fingerprint density at radius 3 is 2.40 bits per heavy atom. The lowest BCUT2D eigenvalue weighted by Gasteiger charge is -2.30. The lowest BCUT2D eigenvalue weighted by atomic mass is 10.1. The zero-order chi connectivity index (χ0) is 22.1. The standard InChI is InChI=1S/C21H29NO5S3/c1-16(2)13-22(30(24,25)19-7-5-18(26-3)6-8-19)20(21(23)27-4)10-12-29-15-17-9-11-28-14-17/h5-9,11,14,16,20H,10,12-13,15H2,1-4H3. The molecule has 0 aliphatic carbocycles. The number of methoxy groups -OCH3 is 2. The minimum absolute atomic E-state index is 0.0450. The molecule has 0 aliphatic heterocycles. The van der Waals surface area contributed by atoms with E-state index in [4.69, 9.17) is 9.47 Å². The average Bonchev–Trinajstić information content (AvgIpc) is 3.25. The molecule has 2 aromatic rings. The van der Waals surface area contributed by atoms with Gasteiger partial charge in [-0.25, -0.2) is 8.42 Å². The highest BCUT2D eigenvalue weighted by atomic mass is 32.2. The molecule has 1 unspecified atom stereocenters. The van der Waals surface area contributed by atoms with Gasteiger partial charge in [0.1, 0.15) is 11.8 Å². The molecule has 0 spiro atoms. The number of hydrogen-bond donors (Lipinski definition) is 0. The number of sulfonamides is 1. The van der Waals surface area contributed by atoms with Crippen LogP contribution in [0, 0.1) is 5.92 Å². The normalized spacial score (nSPS) is 12.9. The Morgan fingerprint density at radius 1 is 1.17 bits per heavy atom. The lowest BCUT2D eigenvalue weighted by molar-refractivity contribution is -0.145. The van der Waals surface area contributed by atoms with E-state index < -0.39 is 22.0 Å². The van der Waals surface area contributed by atoms with E-state index in [-0.39, 0.29) is 17.4 Å². The van der Waals surface area contributed by atoms with Gasteiger partial charge >= 0.3 is 5.97 Å². The highest BCUT2D eigenvalue weighted by molar-refractivity contribution is 7.98. The summed E-state index contributed by atoms with van der Waals surface area (Å²) in [6.45, 7) is 4.08. The van der Waals surface area contributed by atoms with E-state index in [1.807, 2.05) is 19.2 Å². The number of thioether (sulfide) groups is 1. The van der Waals surface area contributed by atoms with Gasteiger partial charge in [-0.1, -0.05) is 13.8 Å². The SMILES string of the molecule is COC(=O)C(CCSCc1ccsc1)N(CC(C)C)S(=O)(=O)c1ccc(OC)cc1. The van der Waals surface area contributed by atoms with Crippen LogP contribution in [-0.4, -0.2) is 51.3 Å². The monoisotopic (exact) mass is 471 g/mol. The summed E-state index contributed by atoms with van der Waals surface area (Å²) in [5, 5.41) is 4.11. The summed E-state index contributed by atoms with van der Waals surface area (Å²) in [7, 11) is -1.07. The summed E-state index contributed by atoms with van der Waals surface area (Å²) in [4.78, 5) is 12.7. The minimum atomic E-state index is -3.89. The van der Waals surface area contributed by atoms with Crippen LogP contribution in [0.25, 0.3) is 0 Å². The van der Waals surface area contributed by atoms with Crippen LogP contribution in [0.5, 0.6) is 5.75 Å². The molecule has 30 heavy (non-hydrogen) atoms. The van der Waals surface area contributed by atoms with Crippen LogP contribution < -0.4 is 4.74 Å². The molecule has 1 heterocycles. The molecule has 2 rings (SSSR count). The summed E-state index contributed by atoms with van der Waals surface area (Å²) in [5.41, 5.74) is 1.23. The van der Waals surface area contributed by atoms with Crippen LogP contribution in [0.15, 0.2) is 46.0 Å². The third-order valence-electron chi connectivity index (χ3n) is 4.42. The molecule has 0 aliphatic rings. The van der Waals surface area contributed by atoms with Gasteiger partial charge < -0.3 is 9.47 Å². The molecular formula is C21H29NO5S3. The summed E-state index contributed by atoms with van der Waals surface area (Å²) < 4.78 is 38.2. The molecule has 0 bridgehead atoms. The average molecular weight is 472 g/mol. The second-order valence-corrected chi connectivity index (χ2v) is 10.9. The molecule has 0 amide bonds. The van der Waals surface area contributed by atoms with Crippen molar-refractivity contribution in [3.8, 4) is 5.75 Å². The van der Waals surface area contributed by atoms with Crippen molar-refractivity contribution in [1.29, 1.82) is 0 Å². The highest BCUT2D eigenvalue weighted by Crippen LogP contribution is 2.25. The van der Waals surface area contributed by atoms with Crippen LogP contribution in [0.3, 0.4) is 0 Å². The first-order valence-electron chi connectivity index (χ1n) is 9.62. The van der Waals surface area contributed by atoms with Gasteiger partial charge in [0.25, 0.3) is 0 Å². The number of rotatable bonds is 12. The van der Waals surface area contributed by atoms with Gasteiger partial charge in [0.05, 0.1) is 19.1 Å². The number of benzene rings is 1. The Kier molecular flexibility index (Phi) is 9.67. The fourth-order valence-electron chi connectivity index (χ4n) is 2.91. The van der Waals surface area contributed by atoms with Gasteiger partial charge in [-0.2, -0.15) is 27.4 Å². The number of carbonyl (C=O) groups is 1. The van der Waals surface area contributed by atoms with Crippen molar-refractivity contribution < 1.29 is 22.7 Å². The number of esters is 1. The van der Waals surface area contributed by atoms with Crippen molar-refractivity contribution in [3.63, 3.8) is 0 Å². The minimum Gasteiger partial charge on any atom is -0.497 e. The molecule has 166 valence electrons. The van der Waals surface area contributed by atoms with Gasteiger partial charge in [0.2, 0.25) is 10.0 Å². The Bertz CT molecular complexity index is 880. The fourth-order valence-corrected chi connectivity index (χ4v) is 6.41. The second-order valence-electron chi connectivity index (χ2n) is 7.16. The van der Waals surface area contributed by atoms with Crippen molar-refractivity contribution in [2.75, 3.05) is 26.5 Å². The van der Waals surface area contributed by atoms with Crippen LogP contribution in [0.2, 0.25) is 0 Å². The quantitative estimate of drug-likeness (QED) is 0.340. The maximum Gasteiger partial charge on any atom is 0.324 e. The van der Waals surface area contributed by atoms with Crippen LogP contribution in [0.1, 0.15) is 25.8 Å². The summed E-state index contributed by atoms with van der Waals surface area (Å²) in [6, 6.07) is 7.39. The van der Waals surface area contributed by atoms with E-state index >= 15 is 0 Å². The molecule has 0 radical (unpaired) electrons. The number of thiophene rings is 1. The number of ether oxygens (including phenoxy) is 2. The molecule has 1 aromatic carbocycles. The van der Waals surface area contributed by atoms with Crippen LogP contribution in [-0.2, 0) is 25.3 Å². The summed E-state index contributed by atoms with van der Waals surface area (Å²) in [5.74, 6) is 1.54. The van der Waals surface area contributed by atoms with E-state index in [9.17, 15) is 13.2 Å². The van der Waals surface area contributed by atoms with Gasteiger partial charge in [-0.15, -0.1) is 0 Å². The Balaban J connectivity index is 2.23. The zero-order valence-electron chi connectivity index (χ0n) is 17.7. The smallest absolute Gasteiger partial charge is 0.324 e. The van der Waals surface area contributed by atoms with Crippen molar-refractivity contribution in [3.05, 3.63) is 46.7 Å². The molecule has 0 fully saturated rings. The lowest BCUT2D eigenvalue weighted by Crippen LogP contribution is -2.47. The van der Waals surface area contributed by atoms with E-state index in [0.29, 0.717) is 17.9 Å². The predicted octanol–water partition coefficient (Wildman–Crippen LogP) is 4.27. The number of hydrogen-bond acceptors (Lipinski definition) is 7. The molecule has 6 nitrogen and oxygen atoms in total. The first kappa shape index (κ1) is 24.7. The zero-order valence-corrected chi connectivity index (χ0v) is 20.2. The van der Waals surface area contributed by atoms with Gasteiger partial charge in [-0.05, 0) is 64.7 Å². The Labute approximate surface area is 187 Å². The number of nitrogens with zero attached hydrogens (tertiary/aromatic N) is 1. The molecular weight excluding hydrogens is 442 g/mol. The van der Waals surface area contributed by atoms with Crippen molar-refractivity contribution >= 4 is 39.1 Å². The van der Waals surface area contributed by atoms with E-state index in [2.05, 4.69) is 11.4 Å². The van der Waals surface area contributed by atoms with Crippen molar-refractivity contribution in [1.82, 2.24) is 4.31 Å². The third-order valence-corrected chi connectivity index (χ3v) is 8.10. The van der Waals surface area contributed by atoms with Gasteiger partial charge in [0, 0.05) is 12.3 Å². The maximum absolute atomic E-state index is 13.4. The first-order chi connectivity index (χ1) is 14.3. The second kappa shape index (κ2) is 11.7. The summed E-state index contributed by atoms with van der Waals surface area (Å²) >= 11 is 3.32. The van der Waals surface area contributed by atoms with Crippen molar-refractivity contribution in [2.45, 2.75) is 37.0 Å². The van der Waals surface area contributed by atoms with E-state index in [1.54, 1.807) is 35.2 Å². The summed E-state index contributed by atoms with van der Waals surface area (Å²) in [6.07, 6.45) is 0.379. The van der Waals surface area contributed by atoms with Crippen molar-refractivity contribution in [2.24, 2.45) is 5.92 Å². The molecule has 0 saturated heterocycles. The third kappa shape index (κ3) is 6.73. The topological polar surface area (TPSA) is 72.9 Å². The number of carbonyl (C=O) groups excluding carboxylic acids is 1. The largest absolute Gasteiger partial charge is 0.497 e. The van der Waals surface area contributed by atoms with Crippen LogP contribution in [0.4, 0.5) is 0 Å². The Hall–Kier alpha value is -1.55. The van der Waals surface area contributed by atoms with Crippen LogP contribution >= 0.6 is 23.1 Å². The Morgan fingerprint density at radius 2 is 1.87 bits per heavy atom. The molecule has 0 saturated carbocycles. The predicted molar refractivity (Wildman–Crippen MR) is 123 cm³/mol. The molecule has 9 heteroatoms. The maximum atomic E-state index is 13.4. The molecule has 1 aromatic heterocycles.